The van der Waals surface area contributed by atoms with Crippen molar-refractivity contribution in [2.45, 2.75) is 26.8 Å². The van der Waals surface area contributed by atoms with Crippen LogP contribution < -0.4 is 5.56 Å². The Kier molecular flexibility index (Phi) is 4.11. The number of benzene rings is 2. The lowest BCUT2D eigenvalue weighted by atomic mass is 9.94. The van der Waals surface area contributed by atoms with Crippen molar-refractivity contribution in [3.05, 3.63) is 70.5 Å². The molecule has 3 heteroatoms. The standard InChI is InChI=1S/C20H19NO2/c1-3-13-21-17-12-8-7-11-16(17)19(15-9-5-4-6-10-15)18(14(2)22)20(21)23/h4-12H,3,13H2,1-2H3. The molecule has 0 spiro atoms. The first-order chi connectivity index (χ1) is 11.1. The molecule has 0 aliphatic carbocycles. The van der Waals surface area contributed by atoms with Gasteiger partial charge in [-0.15, -0.1) is 0 Å². The van der Waals surface area contributed by atoms with Crippen molar-refractivity contribution in [1.29, 1.82) is 0 Å². The van der Waals surface area contributed by atoms with E-state index in [0.717, 1.165) is 28.5 Å². The van der Waals surface area contributed by atoms with Gasteiger partial charge < -0.3 is 4.57 Å². The van der Waals surface area contributed by atoms with E-state index in [1.165, 1.54) is 6.92 Å². The number of hydrogen-bond donors (Lipinski definition) is 0. The second-order valence-corrected chi connectivity index (χ2v) is 5.65. The Balaban J connectivity index is 2.52. The molecule has 3 rings (SSSR count). The number of Topliss-reactive ketones (excluding diaryl/α,β-unsaturated/α-hetero) is 1. The highest BCUT2D eigenvalue weighted by Crippen LogP contribution is 2.30. The van der Waals surface area contributed by atoms with Crippen molar-refractivity contribution < 1.29 is 4.79 Å². The van der Waals surface area contributed by atoms with Crippen LogP contribution >= 0.6 is 0 Å². The van der Waals surface area contributed by atoms with Crippen LogP contribution in [0.3, 0.4) is 0 Å². The number of carbonyl (C=O) groups is 1. The Bertz CT molecular complexity index is 924. The molecule has 1 heterocycles. The molecule has 116 valence electrons. The summed E-state index contributed by atoms with van der Waals surface area (Å²) in [5.74, 6) is -0.190. The predicted octanol–water partition coefficient (Wildman–Crippen LogP) is 4.28. The maximum atomic E-state index is 13.0. The minimum Gasteiger partial charge on any atom is -0.308 e. The van der Waals surface area contributed by atoms with E-state index in [0.29, 0.717) is 6.54 Å². The number of fused-ring (bicyclic) bond motifs is 1. The summed E-state index contributed by atoms with van der Waals surface area (Å²) in [5.41, 5.74) is 2.60. The number of aromatic nitrogens is 1. The van der Waals surface area contributed by atoms with Gasteiger partial charge in [-0.2, -0.15) is 0 Å². The molecule has 3 aromatic rings. The molecular weight excluding hydrogens is 286 g/mol. The molecule has 3 nitrogen and oxygen atoms in total. The second kappa shape index (κ2) is 6.21. The molecular formula is C20H19NO2. The molecule has 0 radical (unpaired) electrons. The smallest absolute Gasteiger partial charge is 0.262 e. The Morgan fingerprint density at radius 1 is 1.00 bits per heavy atom. The third-order valence-electron chi connectivity index (χ3n) is 4.03. The van der Waals surface area contributed by atoms with Gasteiger partial charge in [-0.1, -0.05) is 55.5 Å². The third kappa shape index (κ3) is 2.59. The van der Waals surface area contributed by atoms with Crippen molar-refractivity contribution in [2.75, 3.05) is 0 Å². The number of pyridine rings is 1. The molecule has 2 aromatic carbocycles. The Morgan fingerprint density at radius 2 is 1.65 bits per heavy atom. The fourth-order valence-electron chi connectivity index (χ4n) is 3.08. The number of ketones is 1. The van der Waals surface area contributed by atoms with E-state index in [4.69, 9.17) is 0 Å². The number of rotatable bonds is 4. The highest BCUT2D eigenvalue weighted by atomic mass is 16.1. The van der Waals surface area contributed by atoms with E-state index >= 15 is 0 Å². The van der Waals surface area contributed by atoms with Crippen LogP contribution in [0.1, 0.15) is 30.6 Å². The zero-order valence-electron chi connectivity index (χ0n) is 13.4. The van der Waals surface area contributed by atoms with Crippen LogP contribution in [0.4, 0.5) is 0 Å². The summed E-state index contributed by atoms with van der Waals surface area (Å²) >= 11 is 0. The third-order valence-corrected chi connectivity index (χ3v) is 4.03. The summed E-state index contributed by atoms with van der Waals surface area (Å²) in [4.78, 5) is 25.2. The zero-order chi connectivity index (χ0) is 16.4. The molecule has 0 bridgehead atoms. The number of para-hydroxylation sites is 1. The summed E-state index contributed by atoms with van der Waals surface area (Å²) in [6, 6.07) is 17.5. The SMILES string of the molecule is CCCn1c(=O)c(C(C)=O)c(-c2ccccc2)c2ccccc21. The van der Waals surface area contributed by atoms with E-state index in [9.17, 15) is 9.59 Å². The first kappa shape index (κ1) is 15.2. The first-order valence-corrected chi connectivity index (χ1v) is 7.87. The number of carbonyl (C=O) groups excluding carboxylic acids is 1. The topological polar surface area (TPSA) is 39.1 Å². The van der Waals surface area contributed by atoms with Crippen molar-refractivity contribution in [3.8, 4) is 11.1 Å². The van der Waals surface area contributed by atoms with Crippen LogP contribution in [0.2, 0.25) is 0 Å². The zero-order valence-corrected chi connectivity index (χ0v) is 13.4. The monoisotopic (exact) mass is 305 g/mol. The molecule has 0 saturated heterocycles. The van der Waals surface area contributed by atoms with E-state index in [2.05, 4.69) is 0 Å². The van der Waals surface area contributed by atoms with Crippen LogP contribution in [-0.4, -0.2) is 10.4 Å². The van der Waals surface area contributed by atoms with Gasteiger partial charge in [0.15, 0.2) is 5.78 Å². The van der Waals surface area contributed by atoms with E-state index in [1.807, 2.05) is 61.5 Å². The fourth-order valence-corrected chi connectivity index (χ4v) is 3.08. The minimum atomic E-state index is -0.197. The molecule has 0 unspecified atom stereocenters. The highest BCUT2D eigenvalue weighted by molar-refractivity contribution is 6.08. The van der Waals surface area contributed by atoms with Gasteiger partial charge in [0.05, 0.1) is 11.1 Å². The Labute approximate surface area is 135 Å². The summed E-state index contributed by atoms with van der Waals surface area (Å²) < 4.78 is 1.72. The van der Waals surface area contributed by atoms with Crippen molar-refractivity contribution in [3.63, 3.8) is 0 Å². The predicted molar refractivity (Wildman–Crippen MR) is 93.9 cm³/mol. The van der Waals surface area contributed by atoms with E-state index in [-0.39, 0.29) is 16.9 Å². The lowest BCUT2D eigenvalue weighted by molar-refractivity contribution is 0.101. The average Bonchev–Trinajstić information content (AvgIpc) is 2.57. The van der Waals surface area contributed by atoms with E-state index < -0.39 is 0 Å². The quantitative estimate of drug-likeness (QED) is 0.675. The van der Waals surface area contributed by atoms with Gasteiger partial charge in [0.2, 0.25) is 0 Å². The second-order valence-electron chi connectivity index (χ2n) is 5.65. The minimum absolute atomic E-state index is 0.190. The molecule has 0 saturated carbocycles. The van der Waals surface area contributed by atoms with Gasteiger partial charge in [0.25, 0.3) is 5.56 Å². The summed E-state index contributed by atoms with van der Waals surface area (Å²) in [5, 5.41) is 0.942. The number of hydrogen-bond acceptors (Lipinski definition) is 2. The molecule has 0 aliphatic rings. The van der Waals surface area contributed by atoms with Crippen molar-refractivity contribution in [2.24, 2.45) is 0 Å². The summed E-state index contributed by atoms with van der Waals surface area (Å²) in [6.07, 6.45) is 0.839. The normalized spacial score (nSPS) is 10.9. The van der Waals surface area contributed by atoms with Crippen molar-refractivity contribution >= 4 is 16.7 Å². The van der Waals surface area contributed by atoms with Gasteiger partial charge in [-0.25, -0.2) is 0 Å². The average molecular weight is 305 g/mol. The van der Waals surface area contributed by atoms with Gasteiger partial charge in [-0.3, -0.25) is 9.59 Å². The maximum absolute atomic E-state index is 13.0. The lowest BCUT2D eigenvalue weighted by Gasteiger charge is -2.16. The van der Waals surface area contributed by atoms with Crippen molar-refractivity contribution in [1.82, 2.24) is 4.57 Å². The fraction of sp³-hybridized carbons (Fsp3) is 0.200. The molecule has 0 aliphatic heterocycles. The Morgan fingerprint density at radius 3 is 2.30 bits per heavy atom. The first-order valence-electron chi connectivity index (χ1n) is 7.87. The molecule has 1 aromatic heterocycles. The van der Waals surface area contributed by atoms with Crippen LogP contribution in [0, 0.1) is 0 Å². The molecule has 0 amide bonds. The molecule has 0 atom stereocenters. The maximum Gasteiger partial charge on any atom is 0.262 e. The van der Waals surface area contributed by atoms with Crippen LogP contribution in [0.15, 0.2) is 59.4 Å². The van der Waals surface area contributed by atoms with Crippen LogP contribution in [-0.2, 0) is 6.54 Å². The van der Waals surface area contributed by atoms with Gasteiger partial charge in [-0.05, 0) is 25.0 Å². The number of nitrogens with zero attached hydrogens (tertiary/aromatic N) is 1. The Hall–Kier alpha value is -2.68. The van der Waals surface area contributed by atoms with Crippen LogP contribution in [0.25, 0.3) is 22.0 Å². The van der Waals surface area contributed by atoms with E-state index in [1.54, 1.807) is 4.57 Å². The van der Waals surface area contributed by atoms with Gasteiger partial charge in [0.1, 0.15) is 0 Å². The molecule has 0 fully saturated rings. The molecule has 0 N–H and O–H groups in total. The van der Waals surface area contributed by atoms with Gasteiger partial charge >= 0.3 is 0 Å². The summed E-state index contributed by atoms with van der Waals surface area (Å²) in [6.45, 7) is 4.10. The largest absolute Gasteiger partial charge is 0.308 e. The molecule has 23 heavy (non-hydrogen) atoms. The van der Waals surface area contributed by atoms with Crippen LogP contribution in [0.5, 0.6) is 0 Å². The highest BCUT2D eigenvalue weighted by Gasteiger charge is 2.20. The lowest BCUT2D eigenvalue weighted by Crippen LogP contribution is -2.27. The number of aryl methyl sites for hydroxylation is 1. The van der Waals surface area contributed by atoms with Gasteiger partial charge in [0, 0.05) is 17.5 Å². The summed E-state index contributed by atoms with van der Waals surface area (Å²) in [7, 11) is 0.